The standard InChI is InChI=1S/C16H33NO/c1-11(14(2,3)4)9-13(17)12-10-15(5,6)18-16(12,7)8/h11-13H,9-10,17H2,1-8H3. The fourth-order valence-corrected chi connectivity index (χ4v) is 3.20. The van der Waals surface area contributed by atoms with Crippen molar-refractivity contribution in [3.63, 3.8) is 0 Å². The first kappa shape index (κ1) is 16.0. The van der Waals surface area contributed by atoms with E-state index in [0.717, 1.165) is 12.8 Å². The van der Waals surface area contributed by atoms with Crippen molar-refractivity contribution in [2.24, 2.45) is 23.0 Å². The molecule has 0 aromatic rings. The van der Waals surface area contributed by atoms with Crippen LogP contribution in [0.2, 0.25) is 0 Å². The van der Waals surface area contributed by atoms with Gasteiger partial charge in [-0.05, 0) is 51.9 Å². The first-order chi connectivity index (χ1) is 7.85. The van der Waals surface area contributed by atoms with E-state index in [4.69, 9.17) is 10.5 Å². The summed E-state index contributed by atoms with van der Waals surface area (Å²) in [6, 6.07) is 0.232. The zero-order valence-corrected chi connectivity index (χ0v) is 13.6. The third-order valence-corrected chi connectivity index (χ3v) is 4.76. The molecule has 0 spiro atoms. The molecular formula is C16H33NO. The quantitative estimate of drug-likeness (QED) is 0.828. The highest BCUT2D eigenvalue weighted by Crippen LogP contribution is 2.44. The van der Waals surface area contributed by atoms with E-state index in [-0.39, 0.29) is 17.2 Å². The van der Waals surface area contributed by atoms with Gasteiger partial charge in [-0.3, -0.25) is 0 Å². The molecule has 0 bridgehead atoms. The Morgan fingerprint density at radius 1 is 1.22 bits per heavy atom. The largest absolute Gasteiger partial charge is 0.369 e. The van der Waals surface area contributed by atoms with Gasteiger partial charge in [0.2, 0.25) is 0 Å². The predicted octanol–water partition coefficient (Wildman–Crippen LogP) is 3.98. The highest BCUT2D eigenvalue weighted by atomic mass is 16.5. The summed E-state index contributed by atoms with van der Waals surface area (Å²) in [4.78, 5) is 0. The van der Waals surface area contributed by atoms with Crippen molar-refractivity contribution in [1.82, 2.24) is 0 Å². The van der Waals surface area contributed by atoms with Crippen LogP contribution in [-0.2, 0) is 4.74 Å². The minimum atomic E-state index is -0.0967. The van der Waals surface area contributed by atoms with Crippen molar-refractivity contribution in [3.05, 3.63) is 0 Å². The lowest BCUT2D eigenvalue weighted by molar-refractivity contribution is -0.0774. The Labute approximate surface area is 114 Å². The maximum Gasteiger partial charge on any atom is 0.0677 e. The molecular weight excluding hydrogens is 222 g/mol. The lowest BCUT2D eigenvalue weighted by Gasteiger charge is -2.35. The van der Waals surface area contributed by atoms with Gasteiger partial charge in [0.1, 0.15) is 0 Å². The van der Waals surface area contributed by atoms with Gasteiger partial charge in [0.05, 0.1) is 11.2 Å². The van der Waals surface area contributed by atoms with Gasteiger partial charge >= 0.3 is 0 Å². The molecule has 1 saturated heterocycles. The lowest BCUT2D eigenvalue weighted by atomic mass is 9.73. The Morgan fingerprint density at radius 3 is 2.06 bits per heavy atom. The molecule has 0 aromatic carbocycles. The van der Waals surface area contributed by atoms with Crippen molar-refractivity contribution in [3.8, 4) is 0 Å². The fraction of sp³-hybridized carbons (Fsp3) is 1.00. The first-order valence-corrected chi connectivity index (χ1v) is 7.31. The molecule has 18 heavy (non-hydrogen) atoms. The maximum atomic E-state index is 6.49. The molecule has 2 nitrogen and oxygen atoms in total. The summed E-state index contributed by atoms with van der Waals surface area (Å²) in [5, 5.41) is 0. The smallest absolute Gasteiger partial charge is 0.0677 e. The van der Waals surface area contributed by atoms with E-state index >= 15 is 0 Å². The molecule has 0 amide bonds. The molecule has 1 aliphatic rings. The van der Waals surface area contributed by atoms with Crippen LogP contribution in [0.15, 0.2) is 0 Å². The Bertz CT molecular complexity index is 288. The monoisotopic (exact) mass is 255 g/mol. The fourth-order valence-electron chi connectivity index (χ4n) is 3.20. The average molecular weight is 255 g/mol. The van der Waals surface area contributed by atoms with E-state index < -0.39 is 0 Å². The molecule has 3 atom stereocenters. The van der Waals surface area contributed by atoms with E-state index in [2.05, 4.69) is 55.4 Å². The van der Waals surface area contributed by atoms with Gasteiger partial charge in [-0.1, -0.05) is 27.7 Å². The minimum absolute atomic E-state index is 0.0310. The Morgan fingerprint density at radius 2 is 1.72 bits per heavy atom. The molecule has 0 saturated carbocycles. The minimum Gasteiger partial charge on any atom is -0.369 e. The van der Waals surface area contributed by atoms with Gasteiger partial charge < -0.3 is 10.5 Å². The van der Waals surface area contributed by atoms with Crippen LogP contribution in [0.4, 0.5) is 0 Å². The van der Waals surface area contributed by atoms with Gasteiger partial charge in [0.15, 0.2) is 0 Å². The van der Waals surface area contributed by atoms with Crippen molar-refractivity contribution in [2.45, 2.75) is 85.5 Å². The number of hydrogen-bond donors (Lipinski definition) is 1. The Hall–Kier alpha value is -0.0800. The van der Waals surface area contributed by atoms with Gasteiger partial charge in [-0.25, -0.2) is 0 Å². The van der Waals surface area contributed by atoms with Crippen LogP contribution in [0, 0.1) is 17.3 Å². The second-order valence-electron chi connectivity index (χ2n) is 8.44. The first-order valence-electron chi connectivity index (χ1n) is 7.31. The molecule has 108 valence electrons. The number of rotatable bonds is 3. The Balaban J connectivity index is 2.71. The maximum absolute atomic E-state index is 6.49. The van der Waals surface area contributed by atoms with Crippen LogP contribution in [-0.4, -0.2) is 17.2 Å². The molecule has 1 rings (SSSR count). The summed E-state index contributed by atoms with van der Waals surface area (Å²) in [7, 11) is 0. The van der Waals surface area contributed by atoms with E-state index in [1.807, 2.05) is 0 Å². The van der Waals surface area contributed by atoms with Gasteiger partial charge in [-0.15, -0.1) is 0 Å². The van der Waals surface area contributed by atoms with Gasteiger partial charge in [0, 0.05) is 12.0 Å². The number of hydrogen-bond acceptors (Lipinski definition) is 2. The summed E-state index contributed by atoms with van der Waals surface area (Å²) in [5.74, 6) is 1.09. The second-order valence-corrected chi connectivity index (χ2v) is 8.44. The molecule has 2 N–H and O–H groups in total. The van der Waals surface area contributed by atoms with Crippen LogP contribution in [0.1, 0.15) is 68.2 Å². The van der Waals surface area contributed by atoms with E-state index in [1.54, 1.807) is 0 Å². The van der Waals surface area contributed by atoms with Crippen LogP contribution < -0.4 is 5.73 Å². The molecule has 1 heterocycles. The van der Waals surface area contributed by atoms with Crippen LogP contribution in [0.3, 0.4) is 0 Å². The zero-order chi connectivity index (χ0) is 14.4. The van der Waals surface area contributed by atoms with Gasteiger partial charge in [-0.2, -0.15) is 0 Å². The highest BCUT2D eigenvalue weighted by Gasteiger charge is 2.48. The van der Waals surface area contributed by atoms with E-state index in [9.17, 15) is 0 Å². The van der Waals surface area contributed by atoms with Crippen molar-refractivity contribution >= 4 is 0 Å². The molecule has 2 heteroatoms. The summed E-state index contributed by atoms with van der Waals surface area (Å²) in [5.41, 5.74) is 6.70. The number of nitrogens with two attached hydrogens (primary N) is 1. The van der Waals surface area contributed by atoms with Gasteiger partial charge in [0.25, 0.3) is 0 Å². The van der Waals surface area contributed by atoms with Crippen LogP contribution in [0.25, 0.3) is 0 Å². The summed E-state index contributed by atoms with van der Waals surface area (Å²) in [6.07, 6.45) is 2.15. The molecule has 3 unspecified atom stereocenters. The Kier molecular flexibility index (Phi) is 4.25. The second kappa shape index (κ2) is 4.79. The highest BCUT2D eigenvalue weighted by molar-refractivity contribution is 4.99. The summed E-state index contributed by atoms with van der Waals surface area (Å²) >= 11 is 0. The van der Waals surface area contributed by atoms with Crippen molar-refractivity contribution in [2.75, 3.05) is 0 Å². The average Bonchev–Trinajstić information content (AvgIpc) is 2.32. The van der Waals surface area contributed by atoms with Crippen molar-refractivity contribution < 1.29 is 4.74 Å². The molecule has 1 fully saturated rings. The lowest BCUT2D eigenvalue weighted by Crippen LogP contribution is -2.43. The number of ether oxygens (including phenoxy) is 1. The van der Waals surface area contributed by atoms with E-state index in [1.165, 1.54) is 0 Å². The third kappa shape index (κ3) is 3.71. The molecule has 0 aliphatic carbocycles. The van der Waals surface area contributed by atoms with E-state index in [0.29, 0.717) is 17.3 Å². The molecule has 0 aromatic heterocycles. The topological polar surface area (TPSA) is 35.2 Å². The SMILES string of the molecule is CC(CC(N)C1CC(C)(C)OC1(C)C)C(C)(C)C. The molecule has 1 aliphatic heterocycles. The molecule has 0 radical (unpaired) electrons. The van der Waals surface area contributed by atoms with Crippen molar-refractivity contribution in [1.29, 1.82) is 0 Å². The summed E-state index contributed by atoms with van der Waals surface area (Å²) < 4.78 is 6.16. The zero-order valence-electron chi connectivity index (χ0n) is 13.6. The predicted molar refractivity (Wildman–Crippen MR) is 78.6 cm³/mol. The third-order valence-electron chi connectivity index (χ3n) is 4.76. The van der Waals surface area contributed by atoms with Crippen LogP contribution >= 0.6 is 0 Å². The van der Waals surface area contributed by atoms with Crippen LogP contribution in [0.5, 0.6) is 0 Å². The normalized spacial score (nSPS) is 30.2. The summed E-state index contributed by atoms with van der Waals surface area (Å²) in [6.45, 7) is 17.9.